The van der Waals surface area contributed by atoms with E-state index in [9.17, 15) is 9.59 Å². The first kappa shape index (κ1) is 18.9. The van der Waals surface area contributed by atoms with Crippen LogP contribution >= 0.6 is 0 Å². The Hall–Kier alpha value is -1.92. The van der Waals surface area contributed by atoms with Crippen LogP contribution in [0.1, 0.15) is 28.8 Å². The number of hydrogen-bond donors (Lipinski definition) is 0. The highest BCUT2D eigenvalue weighted by atomic mass is 16.5. The molecule has 2 saturated heterocycles. The average molecular weight is 359 g/mol. The molecule has 0 saturated carbocycles. The molecule has 2 fully saturated rings. The molecule has 0 N–H and O–H groups in total. The summed E-state index contributed by atoms with van der Waals surface area (Å²) in [5, 5.41) is 0. The van der Waals surface area contributed by atoms with Crippen LogP contribution in [0.15, 0.2) is 24.3 Å². The molecule has 3 rings (SSSR count). The summed E-state index contributed by atoms with van der Waals surface area (Å²) in [6.45, 7) is 8.74. The third-order valence-electron chi connectivity index (χ3n) is 5.15. The number of benzene rings is 1. The van der Waals surface area contributed by atoms with Gasteiger partial charge in [0, 0.05) is 51.3 Å². The van der Waals surface area contributed by atoms with Crippen molar-refractivity contribution in [2.45, 2.75) is 19.8 Å². The fourth-order valence-corrected chi connectivity index (χ4v) is 3.58. The highest BCUT2D eigenvalue weighted by Gasteiger charge is 2.22. The lowest BCUT2D eigenvalue weighted by molar-refractivity contribution is -0.135. The van der Waals surface area contributed by atoms with Gasteiger partial charge in [-0.05, 0) is 32.0 Å². The first-order valence-electron chi connectivity index (χ1n) is 9.57. The molecule has 2 aliphatic heterocycles. The lowest BCUT2D eigenvalue weighted by Crippen LogP contribution is -2.42. The molecule has 1 aromatic carbocycles. The molecular weight excluding hydrogens is 330 g/mol. The number of nitrogens with zero attached hydrogens (tertiary/aromatic N) is 3. The van der Waals surface area contributed by atoms with Gasteiger partial charge in [-0.1, -0.05) is 17.7 Å². The van der Waals surface area contributed by atoms with E-state index in [1.54, 1.807) is 0 Å². The van der Waals surface area contributed by atoms with Crippen LogP contribution in [-0.2, 0) is 9.53 Å². The lowest BCUT2D eigenvalue weighted by atomic mass is 10.1. The second kappa shape index (κ2) is 9.14. The minimum atomic E-state index is 0.111. The number of rotatable bonds is 4. The first-order valence-corrected chi connectivity index (χ1v) is 9.57. The highest BCUT2D eigenvalue weighted by molar-refractivity contribution is 5.94. The van der Waals surface area contributed by atoms with Crippen LogP contribution in [0.2, 0.25) is 0 Å². The molecule has 0 aliphatic carbocycles. The smallest absolute Gasteiger partial charge is 0.253 e. The summed E-state index contributed by atoms with van der Waals surface area (Å²) >= 11 is 0. The van der Waals surface area contributed by atoms with Crippen molar-refractivity contribution in [3.63, 3.8) is 0 Å². The van der Waals surface area contributed by atoms with Crippen LogP contribution in [-0.4, -0.2) is 85.5 Å². The van der Waals surface area contributed by atoms with Crippen LogP contribution in [0, 0.1) is 6.92 Å². The van der Waals surface area contributed by atoms with Crippen molar-refractivity contribution in [1.82, 2.24) is 14.7 Å². The van der Waals surface area contributed by atoms with Gasteiger partial charge in [0.05, 0.1) is 13.2 Å². The molecule has 6 nitrogen and oxygen atoms in total. The number of carbonyl (C=O) groups is 2. The van der Waals surface area contributed by atoms with Gasteiger partial charge < -0.3 is 19.4 Å². The van der Waals surface area contributed by atoms with Crippen molar-refractivity contribution in [1.29, 1.82) is 0 Å². The third-order valence-corrected chi connectivity index (χ3v) is 5.15. The number of carbonyl (C=O) groups excluding carboxylic acids is 2. The fourth-order valence-electron chi connectivity index (χ4n) is 3.58. The van der Waals surface area contributed by atoms with Crippen LogP contribution in [0.3, 0.4) is 0 Å². The highest BCUT2D eigenvalue weighted by Crippen LogP contribution is 2.12. The number of morpholine rings is 1. The molecule has 6 heteroatoms. The predicted octanol–water partition coefficient (Wildman–Crippen LogP) is 1.39. The number of aryl methyl sites for hydroxylation is 1. The summed E-state index contributed by atoms with van der Waals surface area (Å²) in [4.78, 5) is 31.2. The lowest BCUT2D eigenvalue weighted by Gasteiger charge is -2.28. The Balaban J connectivity index is 1.47. The maximum absolute atomic E-state index is 12.7. The van der Waals surface area contributed by atoms with E-state index in [1.807, 2.05) is 41.0 Å². The van der Waals surface area contributed by atoms with Crippen molar-refractivity contribution in [2.24, 2.45) is 0 Å². The molecular formula is C20H29N3O3. The van der Waals surface area contributed by atoms with Gasteiger partial charge in [0.15, 0.2) is 0 Å². The Morgan fingerprint density at radius 3 is 2.58 bits per heavy atom. The first-order chi connectivity index (χ1) is 12.6. The zero-order valence-electron chi connectivity index (χ0n) is 15.7. The second-order valence-electron chi connectivity index (χ2n) is 7.10. The molecule has 0 radical (unpaired) electrons. The van der Waals surface area contributed by atoms with Gasteiger partial charge >= 0.3 is 0 Å². The van der Waals surface area contributed by atoms with Crippen molar-refractivity contribution < 1.29 is 14.3 Å². The third kappa shape index (κ3) is 5.05. The molecule has 0 spiro atoms. The summed E-state index contributed by atoms with van der Waals surface area (Å²) < 4.78 is 5.30. The Morgan fingerprint density at radius 2 is 1.81 bits per heavy atom. The quantitative estimate of drug-likeness (QED) is 0.815. The zero-order chi connectivity index (χ0) is 18.4. The van der Waals surface area contributed by atoms with Gasteiger partial charge in [-0.3, -0.25) is 9.59 Å². The van der Waals surface area contributed by atoms with Crippen LogP contribution < -0.4 is 0 Å². The standard InChI is InChI=1S/C20H29N3O3/c1-17-4-2-5-18(16-17)20(25)23-8-3-7-21(10-11-23)9-6-19(24)22-12-14-26-15-13-22/h2,4-5,16H,3,6-15H2,1H3. The van der Waals surface area contributed by atoms with Crippen molar-refractivity contribution in [2.75, 3.05) is 59.0 Å². The minimum Gasteiger partial charge on any atom is -0.378 e. The van der Waals surface area contributed by atoms with E-state index in [2.05, 4.69) is 4.90 Å². The molecule has 2 aliphatic rings. The van der Waals surface area contributed by atoms with Gasteiger partial charge in [-0.2, -0.15) is 0 Å². The topological polar surface area (TPSA) is 53.1 Å². The predicted molar refractivity (Wildman–Crippen MR) is 100 cm³/mol. The number of amides is 2. The van der Waals surface area contributed by atoms with E-state index in [0.29, 0.717) is 32.7 Å². The molecule has 0 atom stereocenters. The van der Waals surface area contributed by atoms with E-state index in [0.717, 1.165) is 50.3 Å². The van der Waals surface area contributed by atoms with Crippen molar-refractivity contribution >= 4 is 11.8 Å². The van der Waals surface area contributed by atoms with E-state index < -0.39 is 0 Å². The van der Waals surface area contributed by atoms with E-state index >= 15 is 0 Å². The van der Waals surface area contributed by atoms with Gasteiger partial charge in [0.1, 0.15) is 0 Å². The van der Waals surface area contributed by atoms with Crippen LogP contribution in [0.25, 0.3) is 0 Å². The van der Waals surface area contributed by atoms with Gasteiger partial charge in [-0.15, -0.1) is 0 Å². The molecule has 142 valence electrons. The van der Waals surface area contributed by atoms with Crippen LogP contribution in [0.4, 0.5) is 0 Å². The molecule has 26 heavy (non-hydrogen) atoms. The summed E-state index contributed by atoms with van der Waals surface area (Å²) in [6.07, 6.45) is 1.50. The Bertz CT molecular complexity index is 628. The summed E-state index contributed by atoms with van der Waals surface area (Å²) in [5.41, 5.74) is 1.87. The van der Waals surface area contributed by atoms with Gasteiger partial charge in [-0.25, -0.2) is 0 Å². The SMILES string of the molecule is Cc1cccc(C(=O)N2CCCN(CCC(=O)N3CCOCC3)CC2)c1. The molecule has 2 heterocycles. The van der Waals surface area contributed by atoms with Crippen molar-refractivity contribution in [3.05, 3.63) is 35.4 Å². The van der Waals surface area contributed by atoms with E-state index in [4.69, 9.17) is 4.74 Å². The summed E-state index contributed by atoms with van der Waals surface area (Å²) in [5.74, 6) is 0.324. The minimum absolute atomic E-state index is 0.111. The second-order valence-corrected chi connectivity index (χ2v) is 7.10. The maximum Gasteiger partial charge on any atom is 0.253 e. The Kier molecular flexibility index (Phi) is 6.63. The average Bonchev–Trinajstić information content (AvgIpc) is 2.92. The monoisotopic (exact) mass is 359 g/mol. The molecule has 0 bridgehead atoms. The Morgan fingerprint density at radius 1 is 1.00 bits per heavy atom. The largest absolute Gasteiger partial charge is 0.378 e. The number of ether oxygens (including phenoxy) is 1. The van der Waals surface area contributed by atoms with E-state index in [-0.39, 0.29) is 11.8 Å². The maximum atomic E-state index is 12.7. The molecule has 1 aromatic rings. The normalized spacial score (nSPS) is 19.3. The zero-order valence-corrected chi connectivity index (χ0v) is 15.7. The van der Waals surface area contributed by atoms with Gasteiger partial charge in [0.25, 0.3) is 5.91 Å². The van der Waals surface area contributed by atoms with Crippen LogP contribution in [0.5, 0.6) is 0 Å². The van der Waals surface area contributed by atoms with Gasteiger partial charge in [0.2, 0.25) is 5.91 Å². The van der Waals surface area contributed by atoms with E-state index in [1.165, 1.54) is 0 Å². The fraction of sp³-hybridized carbons (Fsp3) is 0.600. The summed E-state index contributed by atoms with van der Waals surface area (Å²) in [6, 6.07) is 7.78. The number of hydrogen-bond acceptors (Lipinski definition) is 4. The Labute approximate surface area is 155 Å². The molecule has 2 amide bonds. The van der Waals surface area contributed by atoms with Crippen molar-refractivity contribution in [3.8, 4) is 0 Å². The molecule has 0 unspecified atom stereocenters. The summed E-state index contributed by atoms with van der Waals surface area (Å²) in [7, 11) is 0. The molecule has 0 aromatic heterocycles.